The molecule has 0 unspecified atom stereocenters. The van der Waals surface area contributed by atoms with Crippen LogP contribution in [0.5, 0.6) is 0 Å². The van der Waals surface area contributed by atoms with Gasteiger partial charge in [-0.1, -0.05) is 38.5 Å². The molecule has 2 aliphatic rings. The van der Waals surface area contributed by atoms with Crippen LogP contribution in [0.25, 0.3) is 0 Å². The second kappa shape index (κ2) is 8.95. The van der Waals surface area contributed by atoms with E-state index in [0.717, 1.165) is 51.4 Å². The first kappa shape index (κ1) is 18.6. The third-order valence-corrected chi connectivity index (χ3v) is 7.01. The van der Waals surface area contributed by atoms with E-state index in [2.05, 4.69) is 0 Å². The fourth-order valence-electron chi connectivity index (χ4n) is 4.59. The van der Waals surface area contributed by atoms with Crippen molar-refractivity contribution in [3.8, 4) is 0 Å². The fraction of sp³-hybridized carbons (Fsp3) is 0.889. The monoisotopic (exact) mass is 340 g/mol. The number of carboxylic acids is 2. The lowest BCUT2D eigenvalue weighted by Crippen LogP contribution is -2.54. The summed E-state index contributed by atoms with van der Waals surface area (Å²) in [6.45, 7) is 0. The van der Waals surface area contributed by atoms with Crippen LogP contribution in [0.3, 0.4) is 0 Å². The van der Waals surface area contributed by atoms with E-state index in [1.54, 1.807) is 0 Å². The third kappa shape index (κ3) is 4.65. The second-order valence-electron chi connectivity index (χ2n) is 7.17. The Morgan fingerprint density at radius 2 is 1.35 bits per heavy atom. The standard InChI is InChI=1S/C18H30O4S/c19-16(20)11-12-23-13-18(17(21)22,14-7-3-1-4-8-14)15-9-5-2-6-10-15/h14-15H,1-13H2,(H,19,20)(H,21,22)/p-2. The molecule has 0 N–H and O–H groups in total. The van der Waals surface area contributed by atoms with Gasteiger partial charge in [0.25, 0.3) is 0 Å². The SMILES string of the molecule is O=C([O-])CCSCC(C(=O)[O-])(C1CCCCC1)C1CCCCC1. The highest BCUT2D eigenvalue weighted by molar-refractivity contribution is 7.99. The number of rotatable bonds is 8. The van der Waals surface area contributed by atoms with Gasteiger partial charge in [0, 0.05) is 23.1 Å². The van der Waals surface area contributed by atoms with Gasteiger partial charge in [0.15, 0.2) is 0 Å². The van der Waals surface area contributed by atoms with Crippen molar-refractivity contribution in [2.24, 2.45) is 17.3 Å². The number of hydrogen-bond acceptors (Lipinski definition) is 5. The van der Waals surface area contributed by atoms with Crippen molar-refractivity contribution in [1.82, 2.24) is 0 Å². The Labute approximate surface area is 143 Å². The molecule has 0 aromatic rings. The molecule has 0 bridgehead atoms. The quantitative estimate of drug-likeness (QED) is 0.629. The van der Waals surface area contributed by atoms with E-state index < -0.39 is 17.4 Å². The van der Waals surface area contributed by atoms with Crippen LogP contribution >= 0.6 is 11.8 Å². The molecule has 4 nitrogen and oxygen atoms in total. The summed E-state index contributed by atoms with van der Waals surface area (Å²) < 4.78 is 0. The van der Waals surface area contributed by atoms with Crippen molar-refractivity contribution < 1.29 is 19.8 Å². The normalized spacial score (nSPS) is 21.2. The first-order valence-electron chi connectivity index (χ1n) is 9.06. The van der Waals surface area contributed by atoms with Gasteiger partial charge in [-0.3, -0.25) is 0 Å². The fourth-order valence-corrected chi connectivity index (χ4v) is 5.98. The van der Waals surface area contributed by atoms with Gasteiger partial charge in [0.2, 0.25) is 0 Å². The molecule has 2 aliphatic carbocycles. The van der Waals surface area contributed by atoms with Crippen molar-refractivity contribution in [3.05, 3.63) is 0 Å². The minimum Gasteiger partial charge on any atom is -0.550 e. The van der Waals surface area contributed by atoms with Gasteiger partial charge in [0.1, 0.15) is 0 Å². The molecule has 132 valence electrons. The highest BCUT2D eigenvalue weighted by atomic mass is 32.2. The Morgan fingerprint density at radius 3 is 1.74 bits per heavy atom. The molecule has 0 heterocycles. The Kier molecular flexibility index (Phi) is 7.25. The molecule has 0 radical (unpaired) electrons. The van der Waals surface area contributed by atoms with E-state index in [0.29, 0.717) is 11.5 Å². The van der Waals surface area contributed by atoms with Crippen molar-refractivity contribution in [1.29, 1.82) is 0 Å². The van der Waals surface area contributed by atoms with Gasteiger partial charge < -0.3 is 19.8 Å². The van der Waals surface area contributed by atoms with Crippen LogP contribution in [-0.4, -0.2) is 23.4 Å². The molecule has 0 aliphatic heterocycles. The molecule has 5 heteroatoms. The first-order chi connectivity index (χ1) is 11.1. The van der Waals surface area contributed by atoms with Crippen molar-refractivity contribution >= 4 is 23.7 Å². The summed E-state index contributed by atoms with van der Waals surface area (Å²) in [5.41, 5.74) is -0.766. The van der Waals surface area contributed by atoms with Gasteiger partial charge >= 0.3 is 0 Å². The number of carbonyl (C=O) groups is 2. The summed E-state index contributed by atoms with van der Waals surface area (Å²) in [6, 6.07) is 0. The van der Waals surface area contributed by atoms with Crippen molar-refractivity contribution in [3.63, 3.8) is 0 Å². The van der Waals surface area contributed by atoms with E-state index in [1.807, 2.05) is 0 Å². The molecular formula is C18H28O4S-2. The van der Waals surface area contributed by atoms with Gasteiger partial charge in [-0.2, -0.15) is 11.8 Å². The molecule has 0 spiro atoms. The van der Waals surface area contributed by atoms with Crippen LogP contribution < -0.4 is 10.2 Å². The van der Waals surface area contributed by atoms with Crippen LogP contribution in [0.4, 0.5) is 0 Å². The Hall–Kier alpha value is -0.710. The third-order valence-electron chi connectivity index (χ3n) is 5.84. The summed E-state index contributed by atoms with van der Waals surface area (Å²) in [7, 11) is 0. The Balaban J connectivity index is 2.14. The molecule has 2 rings (SSSR count). The van der Waals surface area contributed by atoms with Gasteiger partial charge in [-0.15, -0.1) is 0 Å². The number of carboxylic acid groups (broad SMARTS) is 2. The lowest BCUT2D eigenvalue weighted by molar-refractivity contribution is -0.325. The lowest BCUT2D eigenvalue weighted by atomic mass is 9.59. The average molecular weight is 340 g/mol. The minimum atomic E-state index is -1.06. The summed E-state index contributed by atoms with van der Waals surface area (Å²) in [5.74, 6) is -0.641. The van der Waals surface area contributed by atoms with Crippen LogP contribution in [0, 0.1) is 17.3 Å². The zero-order valence-electron chi connectivity index (χ0n) is 13.9. The number of hydrogen-bond donors (Lipinski definition) is 0. The van der Waals surface area contributed by atoms with Crippen LogP contribution in [0.1, 0.15) is 70.6 Å². The highest BCUT2D eigenvalue weighted by Crippen LogP contribution is 2.50. The van der Waals surface area contributed by atoms with E-state index in [1.165, 1.54) is 24.6 Å². The number of carbonyl (C=O) groups excluding carboxylic acids is 2. The van der Waals surface area contributed by atoms with E-state index >= 15 is 0 Å². The van der Waals surface area contributed by atoms with Crippen molar-refractivity contribution in [2.75, 3.05) is 11.5 Å². The second-order valence-corrected chi connectivity index (χ2v) is 8.28. The smallest absolute Gasteiger partial charge is 0.0490 e. The summed E-state index contributed by atoms with van der Waals surface area (Å²) >= 11 is 1.46. The Bertz CT molecular complexity index is 380. The predicted molar refractivity (Wildman–Crippen MR) is 87.5 cm³/mol. The molecule has 0 amide bonds. The maximum Gasteiger partial charge on any atom is 0.0490 e. The maximum atomic E-state index is 12.3. The average Bonchev–Trinajstić information content (AvgIpc) is 2.56. The van der Waals surface area contributed by atoms with Gasteiger partial charge in [0.05, 0.1) is 0 Å². The van der Waals surface area contributed by atoms with E-state index in [4.69, 9.17) is 0 Å². The van der Waals surface area contributed by atoms with E-state index in [-0.39, 0.29) is 18.3 Å². The molecule has 0 aromatic heterocycles. The summed E-state index contributed by atoms with van der Waals surface area (Å²) in [4.78, 5) is 22.9. The minimum absolute atomic E-state index is 0.0108. The molecule has 0 aromatic carbocycles. The predicted octanol–water partition coefficient (Wildman–Crippen LogP) is 1.76. The first-order valence-corrected chi connectivity index (χ1v) is 10.2. The molecule has 0 saturated heterocycles. The topological polar surface area (TPSA) is 80.3 Å². The highest BCUT2D eigenvalue weighted by Gasteiger charge is 2.46. The van der Waals surface area contributed by atoms with Crippen LogP contribution in [0.2, 0.25) is 0 Å². The molecule has 0 atom stereocenters. The molecule has 23 heavy (non-hydrogen) atoms. The summed E-state index contributed by atoms with van der Waals surface area (Å²) in [5, 5.41) is 22.9. The zero-order chi connectivity index (χ0) is 16.7. The summed E-state index contributed by atoms with van der Waals surface area (Å²) in [6.07, 6.45) is 10.7. The lowest BCUT2D eigenvalue weighted by Gasteiger charge is -2.50. The Morgan fingerprint density at radius 1 is 0.870 bits per heavy atom. The van der Waals surface area contributed by atoms with Crippen molar-refractivity contribution in [2.45, 2.75) is 70.6 Å². The zero-order valence-corrected chi connectivity index (χ0v) is 14.7. The molecule has 2 saturated carbocycles. The molecule has 2 fully saturated rings. The van der Waals surface area contributed by atoms with Gasteiger partial charge in [-0.05, 0) is 49.7 Å². The number of aliphatic carboxylic acids is 2. The molecular weight excluding hydrogens is 312 g/mol. The van der Waals surface area contributed by atoms with Crippen LogP contribution in [0.15, 0.2) is 0 Å². The number of thioether (sulfide) groups is 1. The maximum absolute atomic E-state index is 12.3. The van der Waals surface area contributed by atoms with Gasteiger partial charge in [-0.25, -0.2) is 0 Å². The largest absolute Gasteiger partial charge is 0.550 e. The van der Waals surface area contributed by atoms with Crippen LogP contribution in [-0.2, 0) is 9.59 Å². The van der Waals surface area contributed by atoms with E-state index in [9.17, 15) is 19.8 Å².